The Hall–Kier alpha value is -3.58. The van der Waals surface area contributed by atoms with Gasteiger partial charge in [0.2, 0.25) is 18.6 Å². The number of carbonyl (C=O) groups excluding carboxylic acids is 2. The number of hydrogen-bond acceptors (Lipinski definition) is 5. The molecule has 1 aliphatic heterocycles. The molecule has 0 bridgehead atoms. The molecule has 30 heavy (non-hydrogen) atoms. The Morgan fingerprint density at radius 3 is 2.67 bits per heavy atom. The molecule has 1 unspecified atom stereocenters. The van der Waals surface area contributed by atoms with Gasteiger partial charge in [-0.1, -0.05) is 48.5 Å². The van der Waals surface area contributed by atoms with Crippen molar-refractivity contribution in [3.8, 4) is 11.5 Å². The van der Waals surface area contributed by atoms with E-state index in [1.807, 2.05) is 48.5 Å². The van der Waals surface area contributed by atoms with Crippen LogP contribution in [-0.2, 0) is 22.6 Å². The van der Waals surface area contributed by atoms with Crippen molar-refractivity contribution >= 4 is 22.6 Å². The van der Waals surface area contributed by atoms with Gasteiger partial charge in [0.15, 0.2) is 11.5 Å². The quantitative estimate of drug-likeness (QED) is 0.557. The lowest BCUT2D eigenvalue weighted by Gasteiger charge is -2.17. The Morgan fingerprint density at radius 2 is 1.80 bits per heavy atom. The first-order valence-corrected chi connectivity index (χ1v) is 9.67. The summed E-state index contributed by atoms with van der Waals surface area (Å²) in [6.07, 6.45) is 0.118. The van der Waals surface area contributed by atoms with E-state index in [4.69, 9.17) is 9.47 Å². The van der Waals surface area contributed by atoms with E-state index in [1.54, 1.807) is 12.1 Å². The second kappa shape index (κ2) is 8.84. The number of carbonyl (C=O) groups is 2. The zero-order valence-electron chi connectivity index (χ0n) is 16.3. The van der Waals surface area contributed by atoms with Crippen LogP contribution in [0.15, 0.2) is 60.7 Å². The summed E-state index contributed by atoms with van der Waals surface area (Å²) in [4.78, 5) is 24.9. The van der Waals surface area contributed by atoms with Gasteiger partial charge >= 0.3 is 0 Å². The van der Waals surface area contributed by atoms with Crippen LogP contribution in [0.1, 0.15) is 11.1 Å². The molecule has 2 amide bonds. The van der Waals surface area contributed by atoms with Crippen LogP contribution in [-0.4, -0.2) is 36.4 Å². The van der Waals surface area contributed by atoms with Crippen LogP contribution in [0.3, 0.4) is 0 Å². The molecule has 7 nitrogen and oxygen atoms in total. The van der Waals surface area contributed by atoms with Crippen LogP contribution < -0.4 is 20.1 Å². The standard InChI is InChI=1S/C23H22N2O5/c26-13-19(23(28)24-12-15-8-9-20-21(10-15)30-14-29-20)25-22(27)11-17-6-3-5-16-4-1-2-7-18(16)17/h1-10,19,26H,11-14H2,(H,24,28)(H,25,27). The number of rotatable bonds is 7. The van der Waals surface area contributed by atoms with Gasteiger partial charge in [-0.3, -0.25) is 9.59 Å². The molecular formula is C23H22N2O5. The molecular weight excluding hydrogens is 384 g/mol. The molecule has 1 aliphatic rings. The average molecular weight is 406 g/mol. The molecule has 0 saturated heterocycles. The first-order chi connectivity index (χ1) is 14.6. The lowest BCUT2D eigenvalue weighted by molar-refractivity contribution is -0.129. The summed E-state index contributed by atoms with van der Waals surface area (Å²) in [7, 11) is 0. The number of nitrogens with one attached hydrogen (secondary N) is 2. The maximum absolute atomic E-state index is 12.5. The molecule has 0 aromatic heterocycles. The van der Waals surface area contributed by atoms with Crippen molar-refractivity contribution < 1.29 is 24.2 Å². The van der Waals surface area contributed by atoms with Crippen LogP contribution in [0.4, 0.5) is 0 Å². The van der Waals surface area contributed by atoms with Gasteiger partial charge in [-0.2, -0.15) is 0 Å². The van der Waals surface area contributed by atoms with E-state index in [2.05, 4.69) is 10.6 Å². The van der Waals surface area contributed by atoms with E-state index in [1.165, 1.54) is 0 Å². The summed E-state index contributed by atoms with van der Waals surface area (Å²) >= 11 is 0. The Morgan fingerprint density at radius 1 is 1.00 bits per heavy atom. The van der Waals surface area contributed by atoms with Crippen molar-refractivity contribution in [1.82, 2.24) is 10.6 Å². The smallest absolute Gasteiger partial charge is 0.245 e. The predicted molar refractivity (Wildman–Crippen MR) is 111 cm³/mol. The fourth-order valence-corrected chi connectivity index (χ4v) is 3.42. The summed E-state index contributed by atoms with van der Waals surface area (Å²) in [5.41, 5.74) is 1.69. The summed E-state index contributed by atoms with van der Waals surface area (Å²) in [5, 5.41) is 17.0. The van der Waals surface area contributed by atoms with E-state index in [-0.39, 0.29) is 25.7 Å². The van der Waals surface area contributed by atoms with E-state index in [0.717, 1.165) is 21.9 Å². The third kappa shape index (κ3) is 4.36. The largest absolute Gasteiger partial charge is 0.454 e. The van der Waals surface area contributed by atoms with E-state index in [0.29, 0.717) is 11.5 Å². The molecule has 154 valence electrons. The van der Waals surface area contributed by atoms with Crippen molar-refractivity contribution in [2.45, 2.75) is 19.0 Å². The highest BCUT2D eigenvalue weighted by atomic mass is 16.7. The van der Waals surface area contributed by atoms with Crippen molar-refractivity contribution in [3.05, 3.63) is 71.8 Å². The summed E-state index contributed by atoms with van der Waals surface area (Å²) in [6.45, 7) is -0.0696. The Bertz CT molecular complexity index is 1080. The van der Waals surface area contributed by atoms with Gasteiger partial charge < -0.3 is 25.2 Å². The highest BCUT2D eigenvalue weighted by Crippen LogP contribution is 2.32. The second-order valence-corrected chi connectivity index (χ2v) is 7.02. The minimum atomic E-state index is -1.03. The summed E-state index contributed by atoms with van der Waals surface area (Å²) in [5.74, 6) is 0.507. The molecule has 1 heterocycles. The van der Waals surface area contributed by atoms with Crippen molar-refractivity contribution in [1.29, 1.82) is 0 Å². The van der Waals surface area contributed by atoms with Gasteiger partial charge in [-0.05, 0) is 34.0 Å². The monoisotopic (exact) mass is 406 g/mol. The van der Waals surface area contributed by atoms with Gasteiger partial charge in [-0.15, -0.1) is 0 Å². The second-order valence-electron chi connectivity index (χ2n) is 7.02. The number of ether oxygens (including phenoxy) is 2. The molecule has 0 spiro atoms. The normalized spacial score (nSPS) is 13.1. The topological polar surface area (TPSA) is 96.9 Å². The third-order valence-electron chi connectivity index (χ3n) is 4.97. The van der Waals surface area contributed by atoms with E-state index in [9.17, 15) is 14.7 Å². The zero-order chi connectivity index (χ0) is 20.9. The molecule has 3 aromatic rings. The number of aliphatic hydroxyl groups excluding tert-OH is 1. The van der Waals surface area contributed by atoms with Crippen LogP contribution in [0, 0.1) is 0 Å². The average Bonchev–Trinajstić information content (AvgIpc) is 3.24. The molecule has 0 aliphatic carbocycles. The predicted octanol–water partition coefficient (Wildman–Crippen LogP) is 1.90. The van der Waals surface area contributed by atoms with Gasteiger partial charge in [0, 0.05) is 6.54 Å². The van der Waals surface area contributed by atoms with Crippen molar-refractivity contribution in [3.63, 3.8) is 0 Å². The molecule has 1 atom stereocenters. The number of amides is 2. The van der Waals surface area contributed by atoms with Crippen molar-refractivity contribution in [2.75, 3.05) is 13.4 Å². The number of benzene rings is 3. The highest BCUT2D eigenvalue weighted by molar-refractivity contribution is 5.92. The Balaban J connectivity index is 1.35. The highest BCUT2D eigenvalue weighted by Gasteiger charge is 2.20. The van der Waals surface area contributed by atoms with Crippen molar-refractivity contribution in [2.24, 2.45) is 0 Å². The lowest BCUT2D eigenvalue weighted by Crippen LogP contribution is -2.49. The molecule has 4 rings (SSSR count). The molecule has 0 radical (unpaired) electrons. The van der Waals surface area contributed by atoms with Crippen LogP contribution in [0.25, 0.3) is 10.8 Å². The van der Waals surface area contributed by atoms with Crippen LogP contribution in [0.5, 0.6) is 11.5 Å². The zero-order valence-corrected chi connectivity index (χ0v) is 16.3. The third-order valence-corrected chi connectivity index (χ3v) is 4.97. The first-order valence-electron chi connectivity index (χ1n) is 9.67. The fourth-order valence-electron chi connectivity index (χ4n) is 3.42. The Labute approximate surface area is 173 Å². The number of hydrogen-bond donors (Lipinski definition) is 3. The maximum atomic E-state index is 12.5. The Kier molecular flexibility index (Phi) is 5.81. The van der Waals surface area contributed by atoms with Gasteiger partial charge in [0.25, 0.3) is 0 Å². The maximum Gasteiger partial charge on any atom is 0.245 e. The molecule has 7 heteroatoms. The van der Waals surface area contributed by atoms with Gasteiger partial charge in [0.05, 0.1) is 13.0 Å². The van der Waals surface area contributed by atoms with Crippen LogP contribution in [0.2, 0.25) is 0 Å². The van der Waals surface area contributed by atoms with Gasteiger partial charge in [0.1, 0.15) is 6.04 Å². The summed E-state index contributed by atoms with van der Waals surface area (Å²) in [6, 6.07) is 17.9. The number of fused-ring (bicyclic) bond motifs is 2. The minimum absolute atomic E-state index is 0.118. The van der Waals surface area contributed by atoms with Gasteiger partial charge in [-0.25, -0.2) is 0 Å². The molecule has 0 saturated carbocycles. The van der Waals surface area contributed by atoms with E-state index >= 15 is 0 Å². The SMILES string of the molecule is O=C(Cc1cccc2ccccc12)NC(CO)C(=O)NCc1ccc2c(c1)OCO2. The number of aliphatic hydroxyl groups is 1. The first kappa shape index (κ1) is 19.7. The van der Waals surface area contributed by atoms with Crippen LogP contribution >= 0.6 is 0 Å². The van der Waals surface area contributed by atoms with E-state index < -0.39 is 18.6 Å². The molecule has 0 fully saturated rings. The molecule has 3 N–H and O–H groups in total. The summed E-state index contributed by atoms with van der Waals surface area (Å²) < 4.78 is 10.6. The molecule has 3 aromatic carbocycles. The minimum Gasteiger partial charge on any atom is -0.454 e. The fraction of sp³-hybridized carbons (Fsp3) is 0.217. The lowest BCUT2D eigenvalue weighted by atomic mass is 10.0.